The van der Waals surface area contributed by atoms with E-state index in [4.69, 9.17) is 4.74 Å². The van der Waals surface area contributed by atoms with Crippen LogP contribution in [0.5, 0.6) is 5.19 Å². The summed E-state index contributed by atoms with van der Waals surface area (Å²) in [5.74, 6) is -0.944. The van der Waals surface area contributed by atoms with Crippen molar-refractivity contribution in [1.82, 2.24) is 10.2 Å². The summed E-state index contributed by atoms with van der Waals surface area (Å²) in [5, 5.41) is 4.72. The molecule has 0 atom stereocenters. The third-order valence-electron chi connectivity index (χ3n) is 2.86. The largest absolute Gasteiger partial charge is 1.00 e. The molecule has 0 spiro atoms. The number of carbonyl (C=O) groups excluding carboxylic acids is 1. The minimum atomic E-state index is -4.61. The molecule has 0 saturated heterocycles. The number of halogens is 4. The summed E-state index contributed by atoms with van der Waals surface area (Å²) in [7, 11) is 0. The van der Waals surface area contributed by atoms with Gasteiger partial charge >= 0.3 is 35.7 Å². The fourth-order valence-corrected chi connectivity index (χ4v) is 2.47. The van der Waals surface area contributed by atoms with Crippen LogP contribution in [0.4, 0.5) is 23.2 Å². The van der Waals surface area contributed by atoms with Gasteiger partial charge in [0.25, 0.3) is 11.1 Å². The Morgan fingerprint density at radius 1 is 1.28 bits per heavy atom. The molecule has 0 N–H and O–H groups in total. The molecule has 0 saturated carbocycles. The molecular weight excluding hydrogens is 373 g/mol. The average Bonchev–Trinajstić information content (AvgIpc) is 2.96. The number of anilines is 1. The van der Waals surface area contributed by atoms with Crippen molar-refractivity contribution in [3.05, 3.63) is 35.1 Å². The summed E-state index contributed by atoms with van der Waals surface area (Å²) in [4.78, 5) is 13.6. The summed E-state index contributed by atoms with van der Waals surface area (Å²) < 4.78 is 55.3. The maximum atomic E-state index is 13.0. The molecule has 0 aliphatic heterocycles. The zero-order valence-corrected chi connectivity index (χ0v) is 16.5. The Balaban J connectivity index is 0.00000312. The van der Waals surface area contributed by atoms with Crippen molar-refractivity contribution >= 4 is 22.9 Å². The predicted molar refractivity (Wildman–Crippen MR) is 80.5 cm³/mol. The van der Waals surface area contributed by atoms with Crippen molar-refractivity contribution in [2.45, 2.75) is 26.1 Å². The minimum absolute atomic E-state index is 0. The van der Waals surface area contributed by atoms with Crippen LogP contribution in [0.2, 0.25) is 0 Å². The molecule has 1 heterocycles. The summed E-state index contributed by atoms with van der Waals surface area (Å²) in [6, 6.07) is 5.02. The number of rotatable bonds is 5. The Bertz CT molecular complexity index is 713. The molecule has 1 amide bonds. The van der Waals surface area contributed by atoms with Crippen LogP contribution in [-0.2, 0) is 11.0 Å². The number of alkyl halides is 3. The van der Waals surface area contributed by atoms with Crippen LogP contribution in [-0.4, -0.2) is 28.8 Å². The van der Waals surface area contributed by atoms with Crippen LogP contribution in [0, 0.1) is 5.82 Å². The van der Waals surface area contributed by atoms with Crippen molar-refractivity contribution in [1.29, 1.82) is 0 Å². The molecule has 0 radical (unpaired) electrons. The number of ether oxygens (including phenoxy) is 1. The van der Waals surface area contributed by atoms with Gasteiger partial charge in [0.05, 0.1) is 0 Å². The Hall–Kier alpha value is -1.23. The second-order valence-electron chi connectivity index (χ2n) is 4.99. The smallest absolute Gasteiger partial charge is 1.00 e. The van der Waals surface area contributed by atoms with E-state index in [2.05, 4.69) is 10.2 Å². The standard InChI is InChI=1S/C14H13F4N3O2S.Na.H/c1-8(2)21(10-5-3-9(15)4-6-10)11(22)7-23-13-20-19-12(24-13)14(16,17)18;;/h3-6,8H,7H2,1-2H3;;/q;+1;-1. The van der Waals surface area contributed by atoms with Crippen LogP contribution < -0.4 is 39.2 Å². The Morgan fingerprint density at radius 3 is 2.36 bits per heavy atom. The van der Waals surface area contributed by atoms with Crippen LogP contribution in [0.15, 0.2) is 24.3 Å². The van der Waals surface area contributed by atoms with Gasteiger partial charge in [-0.15, -0.1) is 5.10 Å². The van der Waals surface area contributed by atoms with Gasteiger partial charge in [-0.05, 0) is 38.1 Å². The quantitative estimate of drug-likeness (QED) is 0.558. The van der Waals surface area contributed by atoms with E-state index in [0.717, 1.165) is 0 Å². The van der Waals surface area contributed by atoms with Crippen LogP contribution in [0.25, 0.3) is 0 Å². The molecular formula is C14H14F4N3NaO2S. The first kappa shape index (κ1) is 21.8. The van der Waals surface area contributed by atoms with Crippen LogP contribution in [0.3, 0.4) is 0 Å². The van der Waals surface area contributed by atoms with Gasteiger partial charge in [0, 0.05) is 11.7 Å². The van der Waals surface area contributed by atoms with Crippen molar-refractivity contribution in [2.24, 2.45) is 0 Å². The number of nitrogens with zero attached hydrogens (tertiary/aromatic N) is 3. The molecule has 132 valence electrons. The third kappa shape index (κ3) is 5.91. The Kier molecular flexibility index (Phi) is 7.79. The number of amides is 1. The van der Waals surface area contributed by atoms with E-state index in [-0.39, 0.29) is 53.6 Å². The number of carbonyl (C=O) groups is 1. The monoisotopic (exact) mass is 387 g/mol. The summed E-state index contributed by atoms with van der Waals surface area (Å²) in [6.07, 6.45) is -4.61. The van der Waals surface area contributed by atoms with E-state index in [0.29, 0.717) is 5.69 Å². The van der Waals surface area contributed by atoms with E-state index in [1.54, 1.807) is 13.8 Å². The van der Waals surface area contributed by atoms with Crippen molar-refractivity contribution in [3.8, 4) is 5.19 Å². The summed E-state index contributed by atoms with van der Waals surface area (Å²) in [6.45, 7) is 2.98. The minimum Gasteiger partial charge on any atom is -1.00 e. The molecule has 0 unspecified atom stereocenters. The molecule has 5 nitrogen and oxygen atoms in total. The molecule has 11 heteroatoms. The molecule has 0 aliphatic carbocycles. The fraction of sp³-hybridized carbons (Fsp3) is 0.357. The first-order valence-corrected chi connectivity index (χ1v) is 7.61. The fourth-order valence-electron chi connectivity index (χ4n) is 1.91. The van der Waals surface area contributed by atoms with E-state index in [1.165, 1.54) is 29.2 Å². The van der Waals surface area contributed by atoms with Crippen molar-refractivity contribution in [2.75, 3.05) is 11.5 Å². The van der Waals surface area contributed by atoms with E-state index in [1.807, 2.05) is 0 Å². The van der Waals surface area contributed by atoms with Gasteiger partial charge in [0.1, 0.15) is 5.82 Å². The van der Waals surface area contributed by atoms with Gasteiger partial charge in [0.2, 0.25) is 5.01 Å². The Labute approximate surface area is 168 Å². The van der Waals surface area contributed by atoms with Crippen molar-refractivity contribution < 1.29 is 58.1 Å². The van der Waals surface area contributed by atoms with Gasteiger partial charge in [-0.25, -0.2) is 4.39 Å². The molecule has 1 aromatic carbocycles. The number of benzene rings is 1. The molecule has 25 heavy (non-hydrogen) atoms. The molecule has 1 aromatic heterocycles. The molecule has 2 aromatic rings. The van der Waals surface area contributed by atoms with E-state index < -0.39 is 29.5 Å². The van der Waals surface area contributed by atoms with Gasteiger partial charge in [-0.2, -0.15) is 13.2 Å². The Morgan fingerprint density at radius 2 is 1.88 bits per heavy atom. The number of aromatic nitrogens is 2. The van der Waals surface area contributed by atoms with Gasteiger partial charge < -0.3 is 11.1 Å². The average molecular weight is 387 g/mol. The molecule has 0 fully saturated rings. The van der Waals surface area contributed by atoms with Crippen LogP contribution in [0.1, 0.15) is 20.3 Å². The maximum absolute atomic E-state index is 13.0. The predicted octanol–water partition coefficient (Wildman–Crippen LogP) is 0.633. The van der Waals surface area contributed by atoms with Gasteiger partial charge in [0.15, 0.2) is 6.61 Å². The van der Waals surface area contributed by atoms with Crippen molar-refractivity contribution in [3.63, 3.8) is 0 Å². The van der Waals surface area contributed by atoms with E-state index in [9.17, 15) is 22.4 Å². The zero-order valence-electron chi connectivity index (χ0n) is 14.7. The maximum Gasteiger partial charge on any atom is 1.00 e. The van der Waals surface area contributed by atoms with E-state index >= 15 is 0 Å². The summed E-state index contributed by atoms with van der Waals surface area (Å²) in [5.41, 5.74) is 0.452. The van der Waals surface area contributed by atoms with Gasteiger partial charge in [-0.3, -0.25) is 4.79 Å². The summed E-state index contributed by atoms with van der Waals surface area (Å²) >= 11 is 0.210. The normalized spacial score (nSPS) is 11.2. The molecule has 0 bridgehead atoms. The third-order valence-corrected chi connectivity index (χ3v) is 3.74. The van der Waals surface area contributed by atoms with Gasteiger partial charge in [-0.1, -0.05) is 16.4 Å². The number of hydrogen-bond donors (Lipinski definition) is 0. The molecule has 2 rings (SSSR count). The second kappa shape index (κ2) is 8.93. The zero-order chi connectivity index (χ0) is 17.9. The number of hydrogen-bond acceptors (Lipinski definition) is 5. The second-order valence-corrected chi connectivity index (χ2v) is 5.93. The first-order valence-electron chi connectivity index (χ1n) is 6.79. The SMILES string of the molecule is CC(C)N(C(=O)COc1nnc(C(F)(F)F)s1)c1ccc(F)cc1.[H-].[Na+]. The van der Waals surface area contributed by atoms with Crippen LogP contribution >= 0.6 is 11.3 Å². The molecule has 0 aliphatic rings. The first-order chi connectivity index (χ1) is 11.2. The topological polar surface area (TPSA) is 55.3 Å².